The summed E-state index contributed by atoms with van der Waals surface area (Å²) < 4.78 is 0. The van der Waals surface area contributed by atoms with Crippen LogP contribution in [0.4, 0.5) is 0 Å². The van der Waals surface area contributed by atoms with Crippen molar-refractivity contribution in [1.29, 1.82) is 0 Å². The number of fused-ring (bicyclic) bond motifs is 1. The summed E-state index contributed by atoms with van der Waals surface area (Å²) in [5.74, 6) is 0.243. The quantitative estimate of drug-likeness (QED) is 0.630. The molecule has 70 valence electrons. The highest BCUT2D eigenvalue weighted by Crippen LogP contribution is 2.27. The van der Waals surface area contributed by atoms with E-state index in [2.05, 4.69) is 19.1 Å². The lowest BCUT2D eigenvalue weighted by Crippen LogP contribution is -2.25. The predicted octanol–water partition coefficient (Wildman–Crippen LogP) is 1.89. The second-order valence-corrected chi connectivity index (χ2v) is 3.65. The molecule has 0 N–H and O–H groups in total. The van der Waals surface area contributed by atoms with Gasteiger partial charge in [-0.25, -0.2) is 0 Å². The van der Waals surface area contributed by atoms with Gasteiger partial charge in [-0.15, -0.1) is 0 Å². The molecule has 0 bridgehead atoms. The number of rotatable bonds is 2. The van der Waals surface area contributed by atoms with Crippen molar-refractivity contribution in [3.8, 4) is 0 Å². The van der Waals surface area contributed by atoms with Crippen LogP contribution in [0.25, 0.3) is 0 Å². The van der Waals surface area contributed by atoms with Gasteiger partial charge in [0, 0.05) is 18.7 Å². The van der Waals surface area contributed by atoms with E-state index in [1.54, 1.807) is 0 Å². The first-order chi connectivity index (χ1) is 6.33. The van der Waals surface area contributed by atoms with Crippen LogP contribution < -0.4 is 0 Å². The summed E-state index contributed by atoms with van der Waals surface area (Å²) in [5, 5.41) is 0. The summed E-state index contributed by atoms with van der Waals surface area (Å²) in [6, 6.07) is 0. The normalized spacial score (nSPS) is 21.3. The number of amides is 1. The average molecular weight is 177 g/mol. The molecule has 1 amide bonds. The fourth-order valence-corrected chi connectivity index (χ4v) is 2.00. The van der Waals surface area contributed by atoms with Gasteiger partial charge in [0.1, 0.15) is 0 Å². The molecule has 1 fully saturated rings. The van der Waals surface area contributed by atoms with Crippen LogP contribution in [0.2, 0.25) is 0 Å². The zero-order valence-electron chi connectivity index (χ0n) is 8.05. The Labute approximate surface area is 78.9 Å². The Morgan fingerprint density at radius 3 is 2.85 bits per heavy atom. The molecule has 2 rings (SSSR count). The van der Waals surface area contributed by atoms with E-state index >= 15 is 0 Å². The van der Waals surface area contributed by atoms with E-state index < -0.39 is 0 Å². The summed E-state index contributed by atoms with van der Waals surface area (Å²) in [5.41, 5.74) is 2.23. The van der Waals surface area contributed by atoms with Crippen molar-refractivity contribution < 1.29 is 4.79 Å². The number of hydrogen-bond donors (Lipinski definition) is 0. The summed E-state index contributed by atoms with van der Waals surface area (Å²) in [4.78, 5) is 13.7. The lowest BCUT2D eigenvalue weighted by Gasteiger charge is -2.12. The topological polar surface area (TPSA) is 20.3 Å². The van der Waals surface area contributed by atoms with Crippen LogP contribution in [-0.2, 0) is 4.79 Å². The molecule has 1 aliphatic carbocycles. The molecule has 0 unspecified atom stereocenters. The fraction of sp³-hybridized carbons (Fsp3) is 0.545. The molecule has 0 radical (unpaired) electrons. The minimum Gasteiger partial charge on any atom is -0.334 e. The zero-order valence-corrected chi connectivity index (χ0v) is 8.05. The summed E-state index contributed by atoms with van der Waals surface area (Å²) in [6.45, 7) is 3.85. The van der Waals surface area contributed by atoms with Gasteiger partial charge in [-0.1, -0.05) is 19.1 Å². The van der Waals surface area contributed by atoms with E-state index in [4.69, 9.17) is 0 Å². The highest BCUT2D eigenvalue weighted by Gasteiger charge is 2.29. The standard InChI is InChI=1S/C11H15NO/c1-2-7-12-8-9-5-3-4-6-10(9)11(12)13/h5-6H,2-4,7-8H2,1H3. The lowest BCUT2D eigenvalue weighted by molar-refractivity contribution is -0.124. The Balaban J connectivity index is 2.19. The smallest absolute Gasteiger partial charge is 0.254 e. The van der Waals surface area contributed by atoms with Gasteiger partial charge < -0.3 is 4.90 Å². The van der Waals surface area contributed by atoms with E-state index in [1.807, 2.05) is 4.90 Å². The number of carbonyl (C=O) groups is 1. The molecule has 2 heteroatoms. The van der Waals surface area contributed by atoms with E-state index in [0.29, 0.717) is 0 Å². The van der Waals surface area contributed by atoms with Crippen molar-refractivity contribution in [1.82, 2.24) is 4.90 Å². The maximum absolute atomic E-state index is 11.7. The van der Waals surface area contributed by atoms with Crippen LogP contribution in [0.5, 0.6) is 0 Å². The maximum Gasteiger partial charge on any atom is 0.254 e. The van der Waals surface area contributed by atoms with Crippen LogP contribution in [0.3, 0.4) is 0 Å². The van der Waals surface area contributed by atoms with E-state index in [9.17, 15) is 4.79 Å². The summed E-state index contributed by atoms with van der Waals surface area (Å²) >= 11 is 0. The van der Waals surface area contributed by atoms with Gasteiger partial charge in [-0.3, -0.25) is 4.79 Å². The first-order valence-corrected chi connectivity index (χ1v) is 5.01. The Bertz CT molecular complexity index is 288. The van der Waals surface area contributed by atoms with E-state index in [1.165, 1.54) is 5.57 Å². The molecule has 0 aromatic rings. The third-order valence-electron chi connectivity index (χ3n) is 2.62. The van der Waals surface area contributed by atoms with Crippen molar-refractivity contribution >= 4 is 5.91 Å². The molecule has 2 aliphatic rings. The SMILES string of the molecule is CCCN1CC2=CCCC=C2C1=O. The van der Waals surface area contributed by atoms with Crippen molar-refractivity contribution in [2.24, 2.45) is 0 Å². The monoisotopic (exact) mass is 177 g/mol. The Morgan fingerprint density at radius 2 is 2.15 bits per heavy atom. The molecule has 0 aromatic heterocycles. The second kappa shape index (κ2) is 3.36. The third-order valence-corrected chi connectivity index (χ3v) is 2.62. The first-order valence-electron chi connectivity index (χ1n) is 5.01. The fourth-order valence-electron chi connectivity index (χ4n) is 2.00. The predicted molar refractivity (Wildman–Crippen MR) is 52.3 cm³/mol. The number of nitrogens with zero attached hydrogens (tertiary/aromatic N) is 1. The molecular weight excluding hydrogens is 162 g/mol. The second-order valence-electron chi connectivity index (χ2n) is 3.65. The van der Waals surface area contributed by atoms with Crippen LogP contribution >= 0.6 is 0 Å². The van der Waals surface area contributed by atoms with Crippen molar-refractivity contribution in [2.75, 3.05) is 13.1 Å². The van der Waals surface area contributed by atoms with Crippen LogP contribution in [0.1, 0.15) is 26.2 Å². The van der Waals surface area contributed by atoms with Gasteiger partial charge >= 0.3 is 0 Å². The van der Waals surface area contributed by atoms with Gasteiger partial charge in [-0.2, -0.15) is 0 Å². The Kier molecular flexibility index (Phi) is 2.21. The minimum atomic E-state index is 0.243. The molecule has 0 spiro atoms. The van der Waals surface area contributed by atoms with Gasteiger partial charge in [0.05, 0.1) is 0 Å². The summed E-state index contributed by atoms with van der Waals surface area (Å²) in [7, 11) is 0. The van der Waals surface area contributed by atoms with Gasteiger partial charge in [0.25, 0.3) is 5.91 Å². The molecule has 2 nitrogen and oxygen atoms in total. The Morgan fingerprint density at radius 1 is 1.38 bits per heavy atom. The average Bonchev–Trinajstić information content (AvgIpc) is 2.46. The number of allylic oxidation sites excluding steroid dienone is 2. The number of hydrogen-bond acceptors (Lipinski definition) is 1. The highest BCUT2D eigenvalue weighted by atomic mass is 16.2. The van der Waals surface area contributed by atoms with Crippen molar-refractivity contribution in [2.45, 2.75) is 26.2 Å². The largest absolute Gasteiger partial charge is 0.334 e. The molecule has 0 aromatic carbocycles. The van der Waals surface area contributed by atoms with E-state index in [0.717, 1.165) is 37.9 Å². The minimum absolute atomic E-state index is 0.243. The van der Waals surface area contributed by atoms with Crippen molar-refractivity contribution in [3.63, 3.8) is 0 Å². The number of likely N-dealkylation sites (tertiary alicyclic amines) is 1. The molecule has 1 heterocycles. The van der Waals surface area contributed by atoms with Gasteiger partial charge in [-0.05, 0) is 24.8 Å². The highest BCUT2D eigenvalue weighted by molar-refractivity contribution is 6.01. The molecule has 0 atom stereocenters. The molecule has 13 heavy (non-hydrogen) atoms. The molecular formula is C11H15NO. The van der Waals surface area contributed by atoms with Gasteiger partial charge in [0.2, 0.25) is 0 Å². The van der Waals surface area contributed by atoms with Crippen LogP contribution in [0.15, 0.2) is 23.3 Å². The number of carbonyl (C=O) groups excluding carboxylic acids is 1. The maximum atomic E-state index is 11.7. The molecule has 0 saturated carbocycles. The van der Waals surface area contributed by atoms with Gasteiger partial charge in [0.15, 0.2) is 0 Å². The first kappa shape index (κ1) is 8.54. The summed E-state index contributed by atoms with van der Waals surface area (Å²) in [6.07, 6.45) is 7.49. The third kappa shape index (κ3) is 1.41. The van der Waals surface area contributed by atoms with E-state index in [-0.39, 0.29) is 5.91 Å². The van der Waals surface area contributed by atoms with Crippen molar-refractivity contribution in [3.05, 3.63) is 23.3 Å². The Hall–Kier alpha value is -1.05. The van der Waals surface area contributed by atoms with Crippen LogP contribution in [-0.4, -0.2) is 23.9 Å². The zero-order chi connectivity index (χ0) is 9.26. The molecule has 1 saturated heterocycles. The lowest BCUT2D eigenvalue weighted by atomic mass is 10.0. The van der Waals surface area contributed by atoms with Crippen LogP contribution in [0, 0.1) is 0 Å². The molecule has 1 aliphatic heterocycles.